The highest BCUT2D eigenvalue weighted by atomic mass is 16.5. The van der Waals surface area contributed by atoms with Gasteiger partial charge < -0.3 is 14.7 Å². The van der Waals surface area contributed by atoms with E-state index in [0.29, 0.717) is 19.4 Å². The van der Waals surface area contributed by atoms with Crippen molar-refractivity contribution in [1.82, 2.24) is 4.90 Å². The van der Waals surface area contributed by atoms with Crippen molar-refractivity contribution in [1.29, 1.82) is 0 Å². The maximum atomic E-state index is 11.7. The molecule has 1 fully saturated rings. The minimum atomic E-state index is -1.02. The number of methoxy groups -OCH3 is 1. The van der Waals surface area contributed by atoms with E-state index in [1.165, 1.54) is 4.90 Å². The molecule has 4 heteroatoms. The Labute approximate surface area is 101 Å². The van der Waals surface area contributed by atoms with Gasteiger partial charge >= 0.3 is 0 Å². The van der Waals surface area contributed by atoms with Crippen molar-refractivity contribution in [2.24, 2.45) is 0 Å². The fourth-order valence-corrected chi connectivity index (χ4v) is 2.05. The summed E-state index contributed by atoms with van der Waals surface area (Å²) in [4.78, 5) is 13.2. The molecular weight excluding hydrogens is 218 g/mol. The van der Waals surface area contributed by atoms with Crippen LogP contribution in [-0.2, 0) is 11.3 Å². The zero-order valence-corrected chi connectivity index (χ0v) is 10.1. The first-order valence-corrected chi connectivity index (χ1v) is 5.69. The van der Waals surface area contributed by atoms with Gasteiger partial charge in [0.15, 0.2) is 0 Å². The Morgan fingerprint density at radius 2 is 2.06 bits per heavy atom. The molecule has 1 amide bonds. The molecule has 0 aliphatic carbocycles. The van der Waals surface area contributed by atoms with Gasteiger partial charge in [0.05, 0.1) is 7.11 Å². The zero-order chi connectivity index (χ0) is 12.5. The molecule has 1 atom stereocenters. The van der Waals surface area contributed by atoms with Gasteiger partial charge in [-0.1, -0.05) is 12.1 Å². The van der Waals surface area contributed by atoms with Crippen molar-refractivity contribution in [2.75, 3.05) is 7.11 Å². The molecule has 1 heterocycles. The maximum absolute atomic E-state index is 11.7. The number of hydrogen-bond acceptors (Lipinski definition) is 3. The first-order chi connectivity index (χ1) is 8.03. The number of benzene rings is 1. The lowest BCUT2D eigenvalue weighted by molar-refractivity contribution is -0.143. The van der Waals surface area contributed by atoms with Crippen LogP contribution in [0.4, 0.5) is 0 Å². The number of carbonyl (C=O) groups excluding carboxylic acids is 1. The molecule has 1 aliphatic heterocycles. The van der Waals surface area contributed by atoms with Crippen LogP contribution in [0.1, 0.15) is 25.3 Å². The molecule has 1 aromatic rings. The third kappa shape index (κ3) is 2.42. The van der Waals surface area contributed by atoms with Crippen LogP contribution in [0.2, 0.25) is 0 Å². The lowest BCUT2D eigenvalue weighted by Crippen LogP contribution is -2.42. The summed E-state index contributed by atoms with van der Waals surface area (Å²) >= 11 is 0. The lowest BCUT2D eigenvalue weighted by atomic mass is 10.1. The average molecular weight is 235 g/mol. The number of rotatable bonds is 3. The third-order valence-corrected chi connectivity index (χ3v) is 3.19. The van der Waals surface area contributed by atoms with E-state index in [4.69, 9.17) is 4.74 Å². The van der Waals surface area contributed by atoms with E-state index in [9.17, 15) is 9.90 Å². The van der Waals surface area contributed by atoms with Gasteiger partial charge in [-0.25, -0.2) is 0 Å². The van der Waals surface area contributed by atoms with Crippen LogP contribution < -0.4 is 4.74 Å². The van der Waals surface area contributed by atoms with Crippen molar-refractivity contribution in [3.63, 3.8) is 0 Å². The van der Waals surface area contributed by atoms with Gasteiger partial charge in [0.2, 0.25) is 5.91 Å². The van der Waals surface area contributed by atoms with Gasteiger partial charge in [0, 0.05) is 19.4 Å². The third-order valence-electron chi connectivity index (χ3n) is 3.19. The number of aliphatic hydroxyl groups is 1. The van der Waals surface area contributed by atoms with E-state index in [1.807, 2.05) is 24.3 Å². The molecule has 4 nitrogen and oxygen atoms in total. The largest absolute Gasteiger partial charge is 0.497 e. The lowest BCUT2D eigenvalue weighted by Gasteiger charge is -2.30. The van der Waals surface area contributed by atoms with E-state index in [1.54, 1.807) is 14.0 Å². The second-order valence-electron chi connectivity index (χ2n) is 4.54. The molecule has 1 aromatic carbocycles. The molecule has 0 bridgehead atoms. The molecule has 2 rings (SSSR count). The SMILES string of the molecule is COc1ccc(CN2C(=O)CCC2(C)O)cc1. The van der Waals surface area contributed by atoms with Gasteiger partial charge in [-0.15, -0.1) is 0 Å². The van der Waals surface area contributed by atoms with Crippen LogP contribution in [0.3, 0.4) is 0 Å². The summed E-state index contributed by atoms with van der Waals surface area (Å²) in [5.41, 5.74) is -0.0295. The van der Waals surface area contributed by atoms with Crippen LogP contribution in [0.25, 0.3) is 0 Å². The predicted molar refractivity (Wildman–Crippen MR) is 63.4 cm³/mol. The van der Waals surface area contributed by atoms with Crippen LogP contribution in [0.5, 0.6) is 5.75 Å². The van der Waals surface area contributed by atoms with Gasteiger partial charge in [-0.2, -0.15) is 0 Å². The topological polar surface area (TPSA) is 49.8 Å². The Bertz CT molecular complexity index is 411. The van der Waals surface area contributed by atoms with Crippen molar-refractivity contribution < 1.29 is 14.6 Å². The number of amides is 1. The molecule has 1 saturated heterocycles. The number of nitrogens with zero attached hydrogens (tertiary/aromatic N) is 1. The van der Waals surface area contributed by atoms with Gasteiger partial charge in [-0.05, 0) is 24.6 Å². The quantitative estimate of drug-likeness (QED) is 0.864. The number of carbonyl (C=O) groups is 1. The normalized spacial score (nSPS) is 24.2. The molecule has 0 radical (unpaired) electrons. The predicted octanol–water partition coefficient (Wildman–Crippen LogP) is 1.53. The fraction of sp³-hybridized carbons (Fsp3) is 0.462. The Morgan fingerprint density at radius 1 is 1.41 bits per heavy atom. The summed E-state index contributed by atoms with van der Waals surface area (Å²) in [6.07, 6.45) is 0.922. The highest BCUT2D eigenvalue weighted by molar-refractivity contribution is 5.79. The Balaban J connectivity index is 2.12. The Hall–Kier alpha value is -1.55. The second kappa shape index (κ2) is 4.37. The molecule has 0 aromatic heterocycles. The summed E-state index contributed by atoms with van der Waals surface area (Å²) in [6, 6.07) is 7.51. The molecular formula is C13H17NO3. The number of hydrogen-bond donors (Lipinski definition) is 1. The highest BCUT2D eigenvalue weighted by Gasteiger charge is 2.39. The van der Waals surface area contributed by atoms with Crippen molar-refractivity contribution in [3.05, 3.63) is 29.8 Å². The molecule has 0 saturated carbocycles. The summed E-state index contributed by atoms with van der Waals surface area (Å²) in [6.45, 7) is 2.12. The minimum Gasteiger partial charge on any atom is -0.497 e. The average Bonchev–Trinajstić information content (AvgIpc) is 2.57. The van der Waals surface area contributed by atoms with E-state index in [0.717, 1.165) is 11.3 Å². The summed E-state index contributed by atoms with van der Waals surface area (Å²) in [5, 5.41) is 10.1. The van der Waals surface area contributed by atoms with Crippen molar-refractivity contribution in [3.8, 4) is 5.75 Å². The molecule has 1 aliphatic rings. The first kappa shape index (κ1) is 11.9. The second-order valence-corrected chi connectivity index (χ2v) is 4.54. The minimum absolute atomic E-state index is 0.00539. The summed E-state index contributed by atoms with van der Waals surface area (Å²) < 4.78 is 5.07. The Kier molecular flexibility index (Phi) is 3.07. The van der Waals surface area contributed by atoms with Crippen molar-refractivity contribution >= 4 is 5.91 Å². The Morgan fingerprint density at radius 3 is 2.53 bits per heavy atom. The summed E-state index contributed by atoms with van der Waals surface area (Å²) in [5.74, 6) is 0.791. The monoisotopic (exact) mass is 235 g/mol. The zero-order valence-electron chi connectivity index (χ0n) is 10.1. The van der Waals surface area contributed by atoms with Crippen LogP contribution in [0.15, 0.2) is 24.3 Å². The van der Waals surface area contributed by atoms with Crippen LogP contribution >= 0.6 is 0 Å². The van der Waals surface area contributed by atoms with E-state index >= 15 is 0 Å². The van der Waals surface area contributed by atoms with Gasteiger partial charge in [0.25, 0.3) is 0 Å². The molecule has 17 heavy (non-hydrogen) atoms. The molecule has 1 N–H and O–H groups in total. The molecule has 92 valence electrons. The highest BCUT2D eigenvalue weighted by Crippen LogP contribution is 2.29. The van der Waals surface area contributed by atoms with Gasteiger partial charge in [-0.3, -0.25) is 4.79 Å². The maximum Gasteiger partial charge on any atom is 0.225 e. The van der Waals surface area contributed by atoms with Crippen molar-refractivity contribution in [2.45, 2.75) is 32.0 Å². The smallest absolute Gasteiger partial charge is 0.225 e. The van der Waals surface area contributed by atoms with E-state index < -0.39 is 5.72 Å². The number of ether oxygens (including phenoxy) is 1. The number of likely N-dealkylation sites (tertiary alicyclic amines) is 1. The van der Waals surface area contributed by atoms with Gasteiger partial charge in [0.1, 0.15) is 11.5 Å². The van der Waals surface area contributed by atoms with E-state index in [2.05, 4.69) is 0 Å². The standard InChI is InChI=1S/C13H17NO3/c1-13(16)8-7-12(15)14(13)9-10-3-5-11(17-2)6-4-10/h3-6,16H,7-9H2,1-2H3. The molecule has 1 unspecified atom stereocenters. The molecule has 0 spiro atoms. The van der Waals surface area contributed by atoms with E-state index in [-0.39, 0.29) is 5.91 Å². The first-order valence-electron chi connectivity index (χ1n) is 5.69. The fourth-order valence-electron chi connectivity index (χ4n) is 2.05. The van der Waals surface area contributed by atoms with Crippen LogP contribution in [-0.4, -0.2) is 28.7 Å². The van der Waals surface area contributed by atoms with Crippen LogP contribution in [0, 0.1) is 0 Å². The summed E-state index contributed by atoms with van der Waals surface area (Å²) in [7, 11) is 1.61.